The number of nitro benzene ring substituents is 1. The number of nitrogens with zero attached hydrogens (tertiary/aromatic N) is 2. The Balaban J connectivity index is 2.27. The van der Waals surface area contributed by atoms with Crippen molar-refractivity contribution in [2.24, 2.45) is 11.3 Å². The predicted octanol–water partition coefficient (Wildman–Crippen LogP) is 3.15. The molecule has 1 unspecified atom stereocenters. The first-order valence-electron chi connectivity index (χ1n) is 7.68. The Morgan fingerprint density at radius 2 is 2.22 bits per heavy atom. The van der Waals surface area contributed by atoms with Gasteiger partial charge in [-0.3, -0.25) is 14.9 Å². The number of benzene rings is 1. The first-order valence-corrected chi connectivity index (χ1v) is 7.68. The Kier molecular flexibility index (Phi) is 4.87. The van der Waals surface area contributed by atoms with Gasteiger partial charge in [0, 0.05) is 19.2 Å². The fraction of sp³-hybridized carbons (Fsp3) is 0.562. The minimum absolute atomic E-state index is 0.0488. The van der Waals surface area contributed by atoms with Crippen LogP contribution in [0.1, 0.15) is 27.2 Å². The molecule has 1 aliphatic rings. The van der Waals surface area contributed by atoms with Gasteiger partial charge in [-0.05, 0) is 25.3 Å². The van der Waals surface area contributed by atoms with Crippen molar-refractivity contribution in [2.75, 3.05) is 24.6 Å². The molecule has 1 aliphatic heterocycles. The molecule has 1 saturated heterocycles. The molecule has 1 atom stereocenters. The number of carbonyl (C=O) groups is 1. The molecule has 0 aromatic heterocycles. The highest BCUT2D eigenvalue weighted by molar-refractivity contribution is 5.79. The minimum atomic E-state index is -0.676. The van der Waals surface area contributed by atoms with Gasteiger partial charge in [0.15, 0.2) is 5.82 Å². The van der Waals surface area contributed by atoms with Gasteiger partial charge >= 0.3 is 5.97 Å². The van der Waals surface area contributed by atoms with Crippen LogP contribution >= 0.6 is 0 Å². The second kappa shape index (κ2) is 6.52. The van der Waals surface area contributed by atoms with Crippen LogP contribution in [-0.4, -0.2) is 30.6 Å². The third-order valence-corrected chi connectivity index (χ3v) is 4.57. The van der Waals surface area contributed by atoms with Gasteiger partial charge in [-0.1, -0.05) is 13.8 Å². The monoisotopic (exact) mass is 324 g/mol. The zero-order valence-corrected chi connectivity index (χ0v) is 13.5. The van der Waals surface area contributed by atoms with Gasteiger partial charge in [0.25, 0.3) is 5.69 Å². The number of ether oxygens (including phenoxy) is 1. The normalized spacial score (nSPS) is 20.8. The molecule has 2 rings (SSSR count). The number of nitro groups is 1. The summed E-state index contributed by atoms with van der Waals surface area (Å²) in [6.45, 7) is 6.82. The van der Waals surface area contributed by atoms with Crippen LogP contribution in [0.2, 0.25) is 0 Å². The Bertz CT molecular complexity index is 620. The maximum atomic E-state index is 14.2. The summed E-state index contributed by atoms with van der Waals surface area (Å²) in [5, 5.41) is 10.7. The summed E-state index contributed by atoms with van der Waals surface area (Å²) < 4.78 is 19.4. The quantitative estimate of drug-likeness (QED) is 0.472. The van der Waals surface area contributed by atoms with Gasteiger partial charge in [-0.2, -0.15) is 0 Å². The van der Waals surface area contributed by atoms with Crippen molar-refractivity contribution >= 4 is 17.3 Å². The number of hydrogen-bond donors (Lipinski definition) is 0. The van der Waals surface area contributed by atoms with Gasteiger partial charge in [0.2, 0.25) is 0 Å². The maximum absolute atomic E-state index is 14.2. The lowest BCUT2D eigenvalue weighted by Crippen LogP contribution is -2.40. The molecule has 0 saturated carbocycles. The fourth-order valence-electron chi connectivity index (χ4n) is 3.05. The summed E-state index contributed by atoms with van der Waals surface area (Å²) in [6, 6.07) is 3.59. The average Bonchev–Trinajstić information content (AvgIpc) is 2.93. The Labute approximate surface area is 134 Å². The summed E-state index contributed by atoms with van der Waals surface area (Å²) in [7, 11) is 0. The van der Waals surface area contributed by atoms with E-state index in [-0.39, 0.29) is 23.3 Å². The van der Waals surface area contributed by atoms with Crippen LogP contribution in [0.25, 0.3) is 0 Å². The van der Waals surface area contributed by atoms with E-state index in [2.05, 4.69) is 0 Å². The molecule has 6 nitrogen and oxygen atoms in total. The summed E-state index contributed by atoms with van der Waals surface area (Å²) >= 11 is 0. The number of halogens is 1. The number of hydrogen-bond acceptors (Lipinski definition) is 5. The minimum Gasteiger partial charge on any atom is -0.466 e. The van der Waals surface area contributed by atoms with Crippen molar-refractivity contribution in [3.05, 3.63) is 34.1 Å². The van der Waals surface area contributed by atoms with Crippen molar-refractivity contribution in [3.8, 4) is 0 Å². The highest BCUT2D eigenvalue weighted by Crippen LogP contribution is 2.41. The van der Waals surface area contributed by atoms with E-state index >= 15 is 0 Å². The Morgan fingerprint density at radius 1 is 1.52 bits per heavy atom. The summed E-state index contributed by atoms with van der Waals surface area (Å²) in [5.41, 5.74) is -0.682. The van der Waals surface area contributed by atoms with E-state index < -0.39 is 16.2 Å². The summed E-state index contributed by atoms with van der Waals surface area (Å²) in [6.07, 6.45) is 0.569. The molecular weight excluding hydrogens is 303 g/mol. The van der Waals surface area contributed by atoms with Crippen LogP contribution in [0.5, 0.6) is 0 Å². The van der Waals surface area contributed by atoms with Gasteiger partial charge in [-0.15, -0.1) is 0 Å². The zero-order valence-electron chi connectivity index (χ0n) is 13.5. The topological polar surface area (TPSA) is 72.7 Å². The van der Waals surface area contributed by atoms with Crippen molar-refractivity contribution < 1.29 is 18.8 Å². The Morgan fingerprint density at radius 3 is 2.74 bits per heavy atom. The Hall–Kier alpha value is -2.18. The molecule has 0 bridgehead atoms. The van der Waals surface area contributed by atoms with Crippen LogP contribution in [-0.2, 0) is 9.53 Å². The van der Waals surface area contributed by atoms with E-state index in [1.807, 2.05) is 13.8 Å². The first-order chi connectivity index (χ1) is 10.8. The number of esters is 1. The van der Waals surface area contributed by atoms with Crippen LogP contribution in [0.4, 0.5) is 15.8 Å². The number of carbonyl (C=O) groups excluding carboxylic acids is 1. The molecule has 1 aromatic carbocycles. The van der Waals surface area contributed by atoms with Gasteiger partial charge in [0.1, 0.15) is 0 Å². The first kappa shape index (κ1) is 17.2. The predicted molar refractivity (Wildman–Crippen MR) is 83.8 cm³/mol. The van der Waals surface area contributed by atoms with Crippen molar-refractivity contribution in [3.63, 3.8) is 0 Å². The fourth-order valence-corrected chi connectivity index (χ4v) is 3.05. The summed E-state index contributed by atoms with van der Waals surface area (Å²) in [4.78, 5) is 24.2. The zero-order chi connectivity index (χ0) is 17.2. The second-order valence-electron chi connectivity index (χ2n) is 6.10. The molecular formula is C16H21FN2O4. The van der Waals surface area contributed by atoms with E-state index in [0.29, 0.717) is 26.1 Å². The number of non-ortho nitro benzene ring substituents is 1. The maximum Gasteiger partial charge on any atom is 0.314 e. The number of rotatable bonds is 5. The summed E-state index contributed by atoms with van der Waals surface area (Å²) in [5.74, 6) is -0.866. The largest absolute Gasteiger partial charge is 0.466 e. The molecule has 0 N–H and O–H groups in total. The van der Waals surface area contributed by atoms with Gasteiger partial charge < -0.3 is 9.64 Å². The number of anilines is 1. The second-order valence-corrected chi connectivity index (χ2v) is 6.10. The lowest BCUT2D eigenvalue weighted by atomic mass is 9.76. The smallest absolute Gasteiger partial charge is 0.314 e. The molecule has 1 heterocycles. The molecule has 126 valence electrons. The van der Waals surface area contributed by atoms with E-state index in [1.165, 1.54) is 12.1 Å². The van der Waals surface area contributed by atoms with Crippen LogP contribution < -0.4 is 4.90 Å². The van der Waals surface area contributed by atoms with Crippen LogP contribution in [0.15, 0.2) is 18.2 Å². The van der Waals surface area contributed by atoms with Crippen molar-refractivity contribution in [1.82, 2.24) is 0 Å². The molecule has 0 amide bonds. The lowest BCUT2D eigenvalue weighted by Gasteiger charge is -2.31. The van der Waals surface area contributed by atoms with Crippen LogP contribution in [0, 0.1) is 27.3 Å². The molecule has 1 fully saturated rings. The third kappa shape index (κ3) is 3.13. The standard InChI is InChI=1S/C16H21FN2O4/c1-4-23-15(20)16(11(2)3)7-8-18(10-16)14-6-5-12(19(21)22)9-13(14)17/h5-6,9,11H,4,7-8,10H2,1-3H3. The SMILES string of the molecule is CCOC(=O)C1(C(C)C)CCN(c2ccc([N+](=O)[O-])cc2F)C1. The molecule has 1 aromatic rings. The molecule has 0 radical (unpaired) electrons. The highest BCUT2D eigenvalue weighted by atomic mass is 19.1. The van der Waals surface area contributed by atoms with Gasteiger partial charge in [-0.25, -0.2) is 4.39 Å². The van der Waals surface area contributed by atoms with E-state index in [9.17, 15) is 19.3 Å². The average molecular weight is 324 g/mol. The van der Waals surface area contributed by atoms with Crippen molar-refractivity contribution in [2.45, 2.75) is 27.2 Å². The van der Waals surface area contributed by atoms with E-state index in [1.54, 1.807) is 11.8 Å². The molecule has 0 spiro atoms. The van der Waals surface area contributed by atoms with Gasteiger partial charge in [0.05, 0.1) is 28.7 Å². The van der Waals surface area contributed by atoms with Crippen LogP contribution in [0.3, 0.4) is 0 Å². The highest BCUT2D eigenvalue weighted by Gasteiger charge is 2.48. The molecule has 23 heavy (non-hydrogen) atoms. The lowest BCUT2D eigenvalue weighted by molar-refractivity contribution is -0.385. The van der Waals surface area contributed by atoms with Crippen molar-refractivity contribution in [1.29, 1.82) is 0 Å². The third-order valence-electron chi connectivity index (χ3n) is 4.57. The van der Waals surface area contributed by atoms with E-state index in [0.717, 1.165) is 6.07 Å². The van der Waals surface area contributed by atoms with E-state index in [4.69, 9.17) is 4.74 Å². The molecule has 7 heteroatoms. The molecule has 0 aliphatic carbocycles.